The summed E-state index contributed by atoms with van der Waals surface area (Å²) >= 11 is 0. The highest BCUT2D eigenvalue weighted by atomic mass is 19.4. The Morgan fingerprint density at radius 2 is 1.73 bits per heavy atom. The average Bonchev–Trinajstić information content (AvgIpc) is 3.18. The van der Waals surface area contributed by atoms with Gasteiger partial charge in [0.2, 0.25) is 0 Å². The van der Waals surface area contributed by atoms with E-state index in [0.717, 1.165) is 23.4 Å². The Kier molecular flexibility index (Phi) is 3.64. The lowest BCUT2D eigenvalue weighted by Gasteiger charge is -2.14. The van der Waals surface area contributed by atoms with Crippen molar-refractivity contribution in [3.8, 4) is 11.1 Å². The highest BCUT2D eigenvalue weighted by Gasteiger charge is 2.32. The summed E-state index contributed by atoms with van der Waals surface area (Å²) < 4.78 is 40.2. The van der Waals surface area contributed by atoms with Gasteiger partial charge in [-0.1, -0.05) is 30.3 Å². The minimum absolute atomic E-state index is 0.137. The molecule has 2 heterocycles. The molecule has 4 rings (SSSR count). The van der Waals surface area contributed by atoms with Gasteiger partial charge in [0.05, 0.1) is 23.4 Å². The SMILES string of the molecule is Cn1ccc(N2Cc3cccc(-c4ccc(C(F)(F)F)cc4)c3C2=O)c1. The number of halogens is 3. The molecular formula is C20H15F3N2O. The van der Waals surface area contributed by atoms with Crippen LogP contribution in [0.1, 0.15) is 21.5 Å². The number of rotatable bonds is 2. The number of amides is 1. The van der Waals surface area contributed by atoms with Crippen molar-refractivity contribution in [3.63, 3.8) is 0 Å². The van der Waals surface area contributed by atoms with E-state index in [9.17, 15) is 18.0 Å². The fourth-order valence-electron chi connectivity index (χ4n) is 3.30. The minimum atomic E-state index is -4.38. The molecule has 6 heteroatoms. The molecule has 0 spiro atoms. The van der Waals surface area contributed by atoms with Crippen LogP contribution >= 0.6 is 0 Å². The van der Waals surface area contributed by atoms with Crippen LogP contribution < -0.4 is 4.90 Å². The molecule has 0 bridgehead atoms. The molecule has 132 valence electrons. The van der Waals surface area contributed by atoms with Crippen LogP contribution in [0.5, 0.6) is 0 Å². The monoisotopic (exact) mass is 356 g/mol. The summed E-state index contributed by atoms with van der Waals surface area (Å²) in [7, 11) is 1.88. The number of benzene rings is 2. The molecule has 0 saturated heterocycles. The molecule has 2 aromatic carbocycles. The Hall–Kier alpha value is -3.02. The Labute approximate surface area is 148 Å². The van der Waals surface area contributed by atoms with E-state index in [0.29, 0.717) is 23.2 Å². The van der Waals surface area contributed by atoms with Crippen LogP contribution in [0.3, 0.4) is 0 Å². The lowest BCUT2D eigenvalue weighted by Crippen LogP contribution is -2.22. The van der Waals surface area contributed by atoms with Gasteiger partial charge in [-0.2, -0.15) is 13.2 Å². The fourth-order valence-corrected chi connectivity index (χ4v) is 3.30. The third-order valence-electron chi connectivity index (χ3n) is 4.59. The van der Waals surface area contributed by atoms with E-state index in [4.69, 9.17) is 0 Å². The van der Waals surface area contributed by atoms with E-state index in [1.165, 1.54) is 12.1 Å². The minimum Gasteiger partial charge on any atom is -0.355 e. The van der Waals surface area contributed by atoms with Gasteiger partial charge in [-0.05, 0) is 34.9 Å². The summed E-state index contributed by atoms with van der Waals surface area (Å²) in [5.41, 5.74) is 2.77. The number of alkyl halides is 3. The summed E-state index contributed by atoms with van der Waals surface area (Å²) in [6.07, 6.45) is -0.652. The maximum atomic E-state index is 13.0. The smallest absolute Gasteiger partial charge is 0.355 e. The van der Waals surface area contributed by atoms with E-state index >= 15 is 0 Å². The lowest BCUT2D eigenvalue weighted by molar-refractivity contribution is -0.137. The van der Waals surface area contributed by atoms with Crippen molar-refractivity contribution in [1.82, 2.24) is 4.57 Å². The van der Waals surface area contributed by atoms with E-state index in [-0.39, 0.29) is 5.91 Å². The number of anilines is 1. The van der Waals surface area contributed by atoms with Crippen LogP contribution in [0.25, 0.3) is 11.1 Å². The predicted octanol–water partition coefficient (Wildman–Crippen LogP) is 4.87. The molecule has 26 heavy (non-hydrogen) atoms. The topological polar surface area (TPSA) is 25.2 Å². The summed E-state index contributed by atoms with van der Waals surface area (Å²) in [5.74, 6) is -0.137. The van der Waals surface area contributed by atoms with E-state index in [2.05, 4.69) is 0 Å². The predicted molar refractivity (Wildman–Crippen MR) is 92.8 cm³/mol. The number of hydrogen-bond donors (Lipinski definition) is 0. The van der Waals surface area contributed by atoms with Gasteiger partial charge >= 0.3 is 6.18 Å². The quantitative estimate of drug-likeness (QED) is 0.643. The number of carbonyl (C=O) groups excluding carboxylic acids is 1. The van der Waals surface area contributed by atoms with Crippen LogP contribution in [0.4, 0.5) is 18.9 Å². The van der Waals surface area contributed by atoms with Crippen molar-refractivity contribution in [3.05, 3.63) is 77.6 Å². The number of aryl methyl sites for hydroxylation is 1. The van der Waals surface area contributed by atoms with Crippen LogP contribution in [0.2, 0.25) is 0 Å². The van der Waals surface area contributed by atoms with E-state index < -0.39 is 11.7 Å². The van der Waals surface area contributed by atoms with Gasteiger partial charge in [0.15, 0.2) is 0 Å². The molecular weight excluding hydrogens is 341 g/mol. The number of nitrogens with zero attached hydrogens (tertiary/aromatic N) is 2. The van der Waals surface area contributed by atoms with Gasteiger partial charge in [0, 0.05) is 19.4 Å². The third-order valence-corrected chi connectivity index (χ3v) is 4.59. The maximum absolute atomic E-state index is 13.0. The first-order valence-electron chi connectivity index (χ1n) is 8.08. The molecule has 3 aromatic rings. The Morgan fingerprint density at radius 1 is 1.00 bits per heavy atom. The van der Waals surface area contributed by atoms with Gasteiger partial charge in [-0.15, -0.1) is 0 Å². The highest BCUT2D eigenvalue weighted by Crippen LogP contribution is 2.36. The van der Waals surface area contributed by atoms with Crippen molar-refractivity contribution < 1.29 is 18.0 Å². The Morgan fingerprint density at radius 3 is 2.35 bits per heavy atom. The Bertz CT molecular complexity index is 987. The lowest BCUT2D eigenvalue weighted by atomic mass is 9.96. The highest BCUT2D eigenvalue weighted by molar-refractivity contribution is 6.14. The van der Waals surface area contributed by atoms with Crippen molar-refractivity contribution in [2.45, 2.75) is 12.7 Å². The first-order valence-corrected chi connectivity index (χ1v) is 8.08. The average molecular weight is 356 g/mol. The Balaban J connectivity index is 1.74. The second-order valence-electron chi connectivity index (χ2n) is 6.34. The molecule has 3 nitrogen and oxygen atoms in total. The molecule has 0 N–H and O–H groups in total. The third kappa shape index (κ3) is 2.67. The van der Waals surface area contributed by atoms with E-state index in [1.807, 2.05) is 42.2 Å². The molecule has 1 amide bonds. The zero-order chi connectivity index (χ0) is 18.5. The van der Waals surface area contributed by atoms with Crippen LogP contribution in [0, 0.1) is 0 Å². The first-order chi connectivity index (χ1) is 12.3. The second-order valence-corrected chi connectivity index (χ2v) is 6.34. The number of carbonyl (C=O) groups is 1. The van der Waals surface area contributed by atoms with Gasteiger partial charge in [-0.3, -0.25) is 4.79 Å². The molecule has 0 radical (unpaired) electrons. The molecule has 0 atom stereocenters. The summed E-state index contributed by atoms with van der Waals surface area (Å²) in [6, 6.07) is 12.3. The zero-order valence-electron chi connectivity index (χ0n) is 13.9. The molecule has 0 fully saturated rings. The summed E-state index contributed by atoms with van der Waals surface area (Å²) in [4.78, 5) is 14.6. The molecule has 0 saturated carbocycles. The first kappa shape index (κ1) is 16.4. The van der Waals surface area contributed by atoms with Crippen LogP contribution in [-0.2, 0) is 19.8 Å². The summed E-state index contributed by atoms with van der Waals surface area (Å²) in [6.45, 7) is 0.451. The number of hydrogen-bond acceptors (Lipinski definition) is 1. The van der Waals surface area contributed by atoms with Crippen molar-refractivity contribution in [2.75, 3.05) is 4.90 Å². The van der Waals surface area contributed by atoms with Gasteiger partial charge in [0.1, 0.15) is 0 Å². The van der Waals surface area contributed by atoms with Gasteiger partial charge < -0.3 is 9.47 Å². The van der Waals surface area contributed by atoms with E-state index in [1.54, 1.807) is 11.0 Å². The standard InChI is InChI=1S/C20H15F3N2O/c1-24-10-9-16(12-24)25-11-14-3-2-4-17(18(14)19(25)26)13-5-7-15(8-6-13)20(21,22)23/h2-10,12H,11H2,1H3. The van der Waals surface area contributed by atoms with Crippen LogP contribution in [-0.4, -0.2) is 10.5 Å². The normalized spacial score (nSPS) is 14.0. The van der Waals surface area contributed by atoms with Crippen molar-refractivity contribution in [1.29, 1.82) is 0 Å². The largest absolute Gasteiger partial charge is 0.416 e. The van der Waals surface area contributed by atoms with Crippen molar-refractivity contribution >= 4 is 11.6 Å². The number of fused-ring (bicyclic) bond motifs is 1. The van der Waals surface area contributed by atoms with Gasteiger partial charge in [-0.25, -0.2) is 0 Å². The molecule has 1 aromatic heterocycles. The summed E-state index contributed by atoms with van der Waals surface area (Å²) in [5, 5.41) is 0. The molecule has 0 unspecified atom stereocenters. The maximum Gasteiger partial charge on any atom is 0.416 e. The zero-order valence-corrected chi connectivity index (χ0v) is 13.9. The number of aromatic nitrogens is 1. The van der Waals surface area contributed by atoms with Crippen molar-refractivity contribution in [2.24, 2.45) is 7.05 Å². The van der Waals surface area contributed by atoms with Crippen LogP contribution in [0.15, 0.2) is 60.9 Å². The van der Waals surface area contributed by atoms with Gasteiger partial charge in [0.25, 0.3) is 5.91 Å². The molecule has 1 aliphatic heterocycles. The molecule has 0 aliphatic carbocycles. The fraction of sp³-hybridized carbons (Fsp3) is 0.150. The molecule has 1 aliphatic rings. The second kappa shape index (κ2) is 5.76.